The summed E-state index contributed by atoms with van der Waals surface area (Å²) in [6, 6.07) is 12.1. The smallest absolute Gasteiger partial charge is 0.230 e. The van der Waals surface area contributed by atoms with Crippen molar-refractivity contribution in [2.24, 2.45) is 0 Å². The summed E-state index contributed by atoms with van der Waals surface area (Å²) in [5.74, 6) is 1.58. The molecule has 4 nitrogen and oxygen atoms in total. The lowest BCUT2D eigenvalue weighted by Gasteiger charge is -2.10. The van der Waals surface area contributed by atoms with E-state index in [-0.39, 0.29) is 11.8 Å². The van der Waals surface area contributed by atoms with Gasteiger partial charge in [-0.15, -0.1) is 23.1 Å². The molecule has 1 amide bonds. The van der Waals surface area contributed by atoms with E-state index in [1.54, 1.807) is 35.5 Å². The molecule has 3 rings (SSSR count). The number of hydrogen-bond donors (Lipinski definition) is 1. The van der Waals surface area contributed by atoms with Crippen LogP contribution in [0.15, 0.2) is 48.8 Å². The molecule has 0 bridgehead atoms. The highest BCUT2D eigenvalue weighted by Crippen LogP contribution is 2.26. The Hall–Kier alpha value is -1.92. The Labute approximate surface area is 149 Å². The zero-order valence-electron chi connectivity index (χ0n) is 13.4. The highest BCUT2D eigenvalue weighted by molar-refractivity contribution is 7.99. The first-order valence-electron chi connectivity index (χ1n) is 7.81. The molecule has 1 unspecified atom stereocenters. The van der Waals surface area contributed by atoms with Crippen molar-refractivity contribution < 1.29 is 4.79 Å². The zero-order chi connectivity index (χ0) is 16.8. The number of nitrogens with one attached hydrogen (secondary N) is 1. The number of hydrogen-bond acceptors (Lipinski definition) is 5. The largest absolute Gasteiger partial charge is 0.355 e. The number of benzene rings is 1. The van der Waals surface area contributed by atoms with Crippen LogP contribution in [0.4, 0.5) is 0 Å². The van der Waals surface area contributed by atoms with Crippen LogP contribution in [0.25, 0.3) is 10.2 Å². The van der Waals surface area contributed by atoms with Crippen LogP contribution in [0.1, 0.15) is 23.4 Å². The van der Waals surface area contributed by atoms with Crippen molar-refractivity contribution in [1.82, 2.24) is 15.3 Å². The van der Waals surface area contributed by atoms with E-state index in [0.717, 1.165) is 16.3 Å². The molecular weight excluding hydrogens is 338 g/mol. The van der Waals surface area contributed by atoms with Gasteiger partial charge in [0.1, 0.15) is 0 Å². The molecule has 0 radical (unpaired) electrons. The average molecular weight is 358 g/mol. The molecule has 2 aromatic heterocycles. The fourth-order valence-electron chi connectivity index (χ4n) is 2.25. The van der Waals surface area contributed by atoms with E-state index in [1.165, 1.54) is 10.3 Å². The lowest BCUT2D eigenvalue weighted by Crippen LogP contribution is -2.29. The Morgan fingerprint density at radius 1 is 1.25 bits per heavy atom. The van der Waals surface area contributed by atoms with Gasteiger partial charge in [0.2, 0.25) is 5.91 Å². The molecule has 0 fully saturated rings. The minimum atomic E-state index is 0.0713. The van der Waals surface area contributed by atoms with E-state index in [4.69, 9.17) is 0 Å². The zero-order valence-corrected chi connectivity index (χ0v) is 15.1. The predicted octanol–water partition coefficient (Wildman–Crippen LogP) is 3.84. The van der Waals surface area contributed by atoms with Crippen LogP contribution in [0.3, 0.4) is 0 Å². The van der Waals surface area contributed by atoms with Crippen molar-refractivity contribution in [2.75, 3.05) is 12.3 Å². The molecule has 0 saturated heterocycles. The van der Waals surface area contributed by atoms with Gasteiger partial charge in [-0.25, -0.2) is 4.98 Å². The number of amides is 1. The highest BCUT2D eigenvalue weighted by atomic mass is 32.2. The van der Waals surface area contributed by atoms with E-state index in [1.807, 2.05) is 30.3 Å². The number of thiazole rings is 1. The van der Waals surface area contributed by atoms with E-state index in [9.17, 15) is 4.79 Å². The molecule has 24 heavy (non-hydrogen) atoms. The third-order valence-electron chi connectivity index (χ3n) is 3.59. The molecule has 6 heteroatoms. The van der Waals surface area contributed by atoms with Gasteiger partial charge in [0.25, 0.3) is 0 Å². The van der Waals surface area contributed by atoms with Gasteiger partial charge in [-0.3, -0.25) is 9.78 Å². The van der Waals surface area contributed by atoms with Crippen molar-refractivity contribution >= 4 is 39.2 Å². The fraction of sp³-hybridized carbons (Fsp3) is 0.278. The number of nitrogens with zero attached hydrogens (tertiary/aromatic N) is 2. The Morgan fingerprint density at radius 2 is 2.04 bits per heavy atom. The fourth-order valence-corrected chi connectivity index (χ4v) is 4.08. The maximum absolute atomic E-state index is 12.0. The third kappa shape index (κ3) is 4.55. The van der Waals surface area contributed by atoms with Crippen molar-refractivity contribution in [3.63, 3.8) is 0 Å². The normalized spacial score (nSPS) is 12.2. The first kappa shape index (κ1) is 16.9. The number of aromatic nitrogens is 2. The summed E-state index contributed by atoms with van der Waals surface area (Å²) in [6.45, 7) is 2.72. The summed E-state index contributed by atoms with van der Waals surface area (Å²) in [5, 5.41) is 4.08. The summed E-state index contributed by atoms with van der Waals surface area (Å²) >= 11 is 3.31. The van der Waals surface area contributed by atoms with Crippen LogP contribution >= 0.6 is 23.1 Å². The molecule has 0 aliphatic carbocycles. The van der Waals surface area contributed by atoms with Crippen molar-refractivity contribution in [1.29, 1.82) is 0 Å². The summed E-state index contributed by atoms with van der Waals surface area (Å²) < 4.78 is 1.19. The lowest BCUT2D eigenvalue weighted by atomic mass is 10.2. The number of fused-ring (bicyclic) bond motifs is 1. The van der Waals surface area contributed by atoms with Crippen LogP contribution in [0, 0.1) is 0 Å². The molecule has 124 valence electrons. The van der Waals surface area contributed by atoms with Crippen LogP contribution in [0.5, 0.6) is 0 Å². The van der Waals surface area contributed by atoms with Crippen LogP contribution < -0.4 is 5.32 Å². The van der Waals surface area contributed by atoms with Gasteiger partial charge in [-0.1, -0.05) is 19.1 Å². The SMILES string of the molecule is CC(CNC(=O)CSCc1ccncc1)c1nc2ccccc2s1. The Morgan fingerprint density at radius 3 is 2.83 bits per heavy atom. The monoisotopic (exact) mass is 357 g/mol. The number of pyridine rings is 1. The Bertz CT molecular complexity index is 771. The molecule has 1 atom stereocenters. The quantitative estimate of drug-likeness (QED) is 0.698. The maximum Gasteiger partial charge on any atom is 0.230 e. The van der Waals surface area contributed by atoms with Crippen LogP contribution in [-0.2, 0) is 10.5 Å². The molecule has 1 N–H and O–H groups in total. The van der Waals surface area contributed by atoms with E-state index in [2.05, 4.69) is 28.3 Å². The summed E-state index contributed by atoms with van der Waals surface area (Å²) in [7, 11) is 0. The van der Waals surface area contributed by atoms with Gasteiger partial charge >= 0.3 is 0 Å². The van der Waals surface area contributed by atoms with Crippen molar-refractivity contribution in [3.05, 3.63) is 59.4 Å². The maximum atomic E-state index is 12.0. The molecule has 0 spiro atoms. The van der Waals surface area contributed by atoms with Crippen LogP contribution in [0.2, 0.25) is 0 Å². The standard InChI is InChI=1S/C18H19N3OS2/c1-13(18-21-15-4-2-3-5-16(15)24-18)10-20-17(22)12-23-11-14-6-8-19-9-7-14/h2-9,13H,10-12H2,1H3,(H,20,22). The molecule has 0 aliphatic rings. The first-order valence-corrected chi connectivity index (χ1v) is 9.78. The minimum Gasteiger partial charge on any atom is -0.355 e. The topological polar surface area (TPSA) is 54.9 Å². The van der Waals surface area contributed by atoms with Crippen molar-refractivity contribution in [3.8, 4) is 0 Å². The number of para-hydroxylation sites is 1. The summed E-state index contributed by atoms with van der Waals surface area (Å²) in [4.78, 5) is 20.6. The second-order valence-corrected chi connectivity index (χ2v) is 7.62. The molecular formula is C18H19N3OS2. The van der Waals surface area contributed by atoms with Gasteiger partial charge < -0.3 is 5.32 Å². The van der Waals surface area contributed by atoms with E-state index < -0.39 is 0 Å². The molecule has 2 heterocycles. The molecule has 0 aliphatic heterocycles. The van der Waals surface area contributed by atoms with Crippen LogP contribution in [-0.4, -0.2) is 28.2 Å². The minimum absolute atomic E-state index is 0.0713. The second kappa shape index (κ2) is 8.26. The molecule has 3 aromatic rings. The number of thioether (sulfide) groups is 1. The van der Waals surface area contributed by atoms with Gasteiger partial charge in [0.05, 0.1) is 21.0 Å². The molecule has 1 aromatic carbocycles. The van der Waals surface area contributed by atoms with E-state index >= 15 is 0 Å². The van der Waals surface area contributed by atoms with E-state index in [0.29, 0.717) is 12.3 Å². The number of rotatable bonds is 7. The Kier molecular flexibility index (Phi) is 5.82. The summed E-state index contributed by atoms with van der Waals surface area (Å²) in [6.07, 6.45) is 3.55. The van der Waals surface area contributed by atoms with Gasteiger partial charge in [-0.05, 0) is 29.8 Å². The van der Waals surface area contributed by atoms with Crippen molar-refractivity contribution in [2.45, 2.75) is 18.6 Å². The predicted molar refractivity (Wildman–Crippen MR) is 101 cm³/mol. The summed E-state index contributed by atoms with van der Waals surface area (Å²) in [5.41, 5.74) is 2.22. The third-order valence-corrected chi connectivity index (χ3v) is 5.86. The number of carbonyl (C=O) groups excluding carboxylic acids is 1. The Balaban J connectivity index is 1.43. The highest BCUT2D eigenvalue weighted by Gasteiger charge is 2.12. The number of carbonyl (C=O) groups is 1. The molecule has 0 saturated carbocycles. The average Bonchev–Trinajstić information content (AvgIpc) is 3.05. The second-order valence-electron chi connectivity index (χ2n) is 5.57. The first-order chi connectivity index (χ1) is 11.7. The van der Waals surface area contributed by atoms with Gasteiger partial charge in [0.15, 0.2) is 0 Å². The van der Waals surface area contributed by atoms with Gasteiger partial charge in [0, 0.05) is 30.6 Å². The lowest BCUT2D eigenvalue weighted by molar-refractivity contribution is -0.118. The van der Waals surface area contributed by atoms with Gasteiger partial charge in [-0.2, -0.15) is 0 Å².